The first-order valence-electron chi connectivity index (χ1n) is 8.73. The lowest BCUT2D eigenvalue weighted by Gasteiger charge is -2.09. The summed E-state index contributed by atoms with van der Waals surface area (Å²) in [5.41, 5.74) is 7.41. The van der Waals surface area contributed by atoms with Gasteiger partial charge in [0.05, 0.1) is 11.4 Å². The number of nitrogens with one attached hydrogen (secondary N) is 2. The first-order chi connectivity index (χ1) is 12.8. The molecule has 9 heteroatoms. The number of benzene rings is 1. The molecule has 146 valence electrons. The van der Waals surface area contributed by atoms with Crippen molar-refractivity contribution >= 4 is 27.4 Å². The van der Waals surface area contributed by atoms with Crippen LogP contribution in [0.4, 0.5) is 16.3 Å². The summed E-state index contributed by atoms with van der Waals surface area (Å²) in [5.74, 6) is 0.335. The predicted octanol–water partition coefficient (Wildman–Crippen LogP) is 2.58. The molecular weight excluding hydrogens is 366 g/mol. The summed E-state index contributed by atoms with van der Waals surface area (Å²) in [5, 5.41) is 5.56. The van der Waals surface area contributed by atoms with Crippen LogP contribution >= 0.6 is 0 Å². The Morgan fingerprint density at radius 2 is 1.85 bits per heavy atom. The summed E-state index contributed by atoms with van der Waals surface area (Å²) in [4.78, 5) is 20.3. The van der Waals surface area contributed by atoms with E-state index in [0.29, 0.717) is 29.3 Å². The fraction of sp³-hybridized carbons (Fsp3) is 0.389. The van der Waals surface area contributed by atoms with Crippen molar-refractivity contribution < 1.29 is 13.2 Å². The zero-order valence-electron chi connectivity index (χ0n) is 15.5. The van der Waals surface area contributed by atoms with Gasteiger partial charge in [0.25, 0.3) is 0 Å². The second kappa shape index (κ2) is 9.31. The molecule has 0 aliphatic carbocycles. The van der Waals surface area contributed by atoms with E-state index >= 15 is 0 Å². The molecular formula is C18H25N5O3S. The van der Waals surface area contributed by atoms with Crippen LogP contribution in [-0.2, 0) is 15.6 Å². The molecule has 2 aromatic rings. The Hall–Kier alpha value is -2.68. The number of nitrogens with two attached hydrogens (primary N) is 1. The maximum absolute atomic E-state index is 11.8. The number of aromatic nitrogens is 2. The Bertz CT molecular complexity index is 882. The number of sulfone groups is 1. The highest BCUT2D eigenvalue weighted by atomic mass is 32.2. The molecule has 1 aromatic carbocycles. The molecule has 0 aliphatic rings. The summed E-state index contributed by atoms with van der Waals surface area (Å²) in [6.07, 6.45) is 4.27. The minimum absolute atomic E-state index is 0.201. The van der Waals surface area contributed by atoms with Crippen molar-refractivity contribution in [2.24, 2.45) is 0 Å². The summed E-state index contributed by atoms with van der Waals surface area (Å²) >= 11 is 0. The Morgan fingerprint density at radius 3 is 2.48 bits per heavy atom. The average molecular weight is 391 g/mol. The van der Waals surface area contributed by atoms with Gasteiger partial charge in [-0.2, -0.15) is 0 Å². The molecule has 1 heterocycles. The summed E-state index contributed by atoms with van der Waals surface area (Å²) < 4.78 is 22.9. The highest BCUT2D eigenvalue weighted by Crippen LogP contribution is 2.20. The Morgan fingerprint density at radius 1 is 1.15 bits per heavy atom. The third-order valence-corrected chi connectivity index (χ3v) is 4.50. The number of nitrogen functional groups attached to an aromatic ring is 1. The maximum Gasteiger partial charge on any atom is 0.319 e. The molecule has 8 nitrogen and oxygen atoms in total. The fourth-order valence-corrected chi connectivity index (χ4v) is 3.13. The lowest BCUT2D eigenvalue weighted by Crippen LogP contribution is -2.29. The van der Waals surface area contributed by atoms with E-state index in [9.17, 15) is 13.2 Å². The quantitative estimate of drug-likeness (QED) is 0.594. The molecule has 0 saturated heterocycles. The van der Waals surface area contributed by atoms with E-state index in [-0.39, 0.29) is 17.6 Å². The van der Waals surface area contributed by atoms with Gasteiger partial charge in [-0.15, -0.1) is 0 Å². The number of carbonyl (C=O) groups excluding carboxylic acids is 1. The first kappa shape index (κ1) is 20.6. The van der Waals surface area contributed by atoms with Crippen LogP contribution in [0.3, 0.4) is 0 Å². The molecule has 2 rings (SSSR count). The molecule has 27 heavy (non-hydrogen) atoms. The van der Waals surface area contributed by atoms with Crippen molar-refractivity contribution in [3.63, 3.8) is 0 Å². The van der Waals surface area contributed by atoms with Gasteiger partial charge in [-0.25, -0.2) is 23.2 Å². The third-order valence-electron chi connectivity index (χ3n) is 3.68. The first-order valence-corrected chi connectivity index (χ1v) is 10.8. The number of rotatable bonds is 8. The van der Waals surface area contributed by atoms with Gasteiger partial charge in [0.2, 0.25) is 0 Å². The standard InChI is InChI=1S/C18H25N5O3S/c1-3-4-5-10-20-18(24)22-14-8-6-13(7-9-14)17-21-15(11-16(19)23-17)12-27(2,25)26/h6-9,11H,3-5,10,12H2,1-2H3,(H2,19,21,23)(H2,20,22,24). The second-order valence-corrected chi connectivity index (χ2v) is 8.48. The van der Waals surface area contributed by atoms with Crippen molar-refractivity contribution in [3.8, 4) is 11.4 Å². The average Bonchev–Trinajstić information content (AvgIpc) is 2.57. The fourth-order valence-electron chi connectivity index (χ4n) is 2.45. The number of anilines is 2. The van der Waals surface area contributed by atoms with Gasteiger partial charge in [-0.1, -0.05) is 19.8 Å². The predicted molar refractivity (Wildman–Crippen MR) is 107 cm³/mol. The number of hydrogen-bond donors (Lipinski definition) is 3. The molecule has 0 bridgehead atoms. The second-order valence-electron chi connectivity index (χ2n) is 6.34. The molecule has 0 atom stereocenters. The van der Waals surface area contributed by atoms with Gasteiger partial charge in [0, 0.05) is 30.1 Å². The van der Waals surface area contributed by atoms with Crippen molar-refractivity contribution in [2.45, 2.75) is 31.9 Å². The van der Waals surface area contributed by atoms with Crippen LogP contribution in [0.2, 0.25) is 0 Å². The minimum Gasteiger partial charge on any atom is -0.384 e. The number of hydrogen-bond acceptors (Lipinski definition) is 6. The van der Waals surface area contributed by atoms with Gasteiger partial charge >= 0.3 is 6.03 Å². The van der Waals surface area contributed by atoms with Crippen molar-refractivity contribution in [3.05, 3.63) is 36.0 Å². The van der Waals surface area contributed by atoms with Gasteiger partial charge < -0.3 is 16.4 Å². The SMILES string of the molecule is CCCCCNC(=O)Nc1ccc(-c2nc(N)cc(CS(C)(=O)=O)n2)cc1. The van der Waals surface area contributed by atoms with E-state index in [4.69, 9.17) is 5.73 Å². The van der Waals surface area contributed by atoms with Gasteiger partial charge in [0.15, 0.2) is 15.7 Å². The highest BCUT2D eigenvalue weighted by molar-refractivity contribution is 7.89. The molecule has 0 spiro atoms. The molecule has 0 saturated carbocycles. The lowest BCUT2D eigenvalue weighted by atomic mass is 10.2. The topological polar surface area (TPSA) is 127 Å². The van der Waals surface area contributed by atoms with E-state index in [1.807, 2.05) is 0 Å². The van der Waals surface area contributed by atoms with Gasteiger partial charge in [0.1, 0.15) is 5.82 Å². The van der Waals surface area contributed by atoms with Crippen molar-refractivity contribution in [2.75, 3.05) is 23.9 Å². The third kappa shape index (κ3) is 7.22. The van der Waals surface area contributed by atoms with E-state index in [1.165, 1.54) is 6.07 Å². The zero-order valence-corrected chi connectivity index (χ0v) is 16.3. The molecule has 1 aromatic heterocycles. The van der Waals surface area contributed by atoms with Crippen LogP contribution in [0.1, 0.15) is 31.9 Å². The Balaban J connectivity index is 2.05. The molecule has 4 N–H and O–H groups in total. The van der Waals surface area contributed by atoms with Gasteiger partial charge in [-0.05, 0) is 30.7 Å². The lowest BCUT2D eigenvalue weighted by molar-refractivity contribution is 0.252. The summed E-state index contributed by atoms with van der Waals surface area (Å²) in [6.45, 7) is 2.74. The Labute approximate surface area is 159 Å². The highest BCUT2D eigenvalue weighted by Gasteiger charge is 2.11. The zero-order chi connectivity index (χ0) is 19.9. The number of urea groups is 1. The summed E-state index contributed by atoms with van der Waals surface area (Å²) in [7, 11) is -3.22. The largest absolute Gasteiger partial charge is 0.384 e. The van der Waals surface area contributed by atoms with Gasteiger partial charge in [-0.3, -0.25) is 0 Å². The molecule has 0 aliphatic heterocycles. The van der Waals surface area contributed by atoms with E-state index in [2.05, 4.69) is 27.5 Å². The van der Waals surface area contributed by atoms with Crippen LogP contribution in [-0.4, -0.2) is 37.2 Å². The summed E-state index contributed by atoms with van der Waals surface area (Å²) in [6, 6.07) is 8.13. The van der Waals surface area contributed by atoms with Crippen LogP contribution in [0.15, 0.2) is 30.3 Å². The van der Waals surface area contributed by atoms with E-state index in [0.717, 1.165) is 25.5 Å². The molecule has 0 unspecified atom stereocenters. The van der Waals surface area contributed by atoms with Crippen LogP contribution in [0.25, 0.3) is 11.4 Å². The number of carbonyl (C=O) groups is 1. The molecule has 0 fully saturated rings. The van der Waals surface area contributed by atoms with E-state index in [1.54, 1.807) is 24.3 Å². The van der Waals surface area contributed by atoms with E-state index < -0.39 is 9.84 Å². The van der Waals surface area contributed by atoms with Crippen LogP contribution in [0, 0.1) is 0 Å². The monoisotopic (exact) mass is 391 g/mol. The maximum atomic E-state index is 11.8. The number of nitrogens with zero attached hydrogens (tertiary/aromatic N) is 2. The molecule has 0 radical (unpaired) electrons. The number of amides is 2. The van der Waals surface area contributed by atoms with Crippen molar-refractivity contribution in [1.82, 2.24) is 15.3 Å². The number of unbranched alkanes of at least 4 members (excludes halogenated alkanes) is 2. The Kier molecular flexibility index (Phi) is 7.12. The minimum atomic E-state index is -3.22. The van der Waals surface area contributed by atoms with Crippen LogP contribution < -0.4 is 16.4 Å². The van der Waals surface area contributed by atoms with Crippen molar-refractivity contribution in [1.29, 1.82) is 0 Å². The normalized spacial score (nSPS) is 11.2. The molecule has 2 amide bonds. The smallest absolute Gasteiger partial charge is 0.319 e. The van der Waals surface area contributed by atoms with Crippen LogP contribution in [0.5, 0.6) is 0 Å².